The second-order valence-electron chi connectivity index (χ2n) is 3.10. The molecule has 0 fully saturated rings. The molecule has 80 valence electrons. The monoisotopic (exact) mass is 216 g/mol. The second-order valence-corrected chi connectivity index (χ2v) is 3.10. The number of pyridine rings is 1. The van der Waals surface area contributed by atoms with Crippen molar-refractivity contribution in [2.45, 2.75) is 6.44 Å². The van der Waals surface area contributed by atoms with Gasteiger partial charge in [0.25, 0.3) is 0 Å². The van der Waals surface area contributed by atoms with Crippen molar-refractivity contribution in [2.75, 3.05) is 0 Å². The number of rotatable bonds is 2. The molecule has 0 aromatic carbocycles. The Balaban J connectivity index is 2.54. The Morgan fingerprint density at radius 2 is 2.07 bits per heavy atom. The van der Waals surface area contributed by atoms with Crippen molar-refractivity contribution in [2.24, 2.45) is 0 Å². The molecular formula is C7H6BF3N3O-. The predicted molar refractivity (Wildman–Crippen MR) is 48.5 cm³/mol. The largest absolute Gasteiger partial charge is 0.499 e. The minimum atomic E-state index is -5.06. The number of hydrogen-bond acceptors (Lipinski definition) is 2. The molecule has 4 nitrogen and oxygen atoms in total. The number of nitrogens with zero attached hydrogens (tertiary/aromatic N) is 3. The third-order valence-corrected chi connectivity index (χ3v) is 1.87. The lowest BCUT2D eigenvalue weighted by Gasteiger charge is -2.11. The maximum absolute atomic E-state index is 12.1. The molecule has 15 heavy (non-hydrogen) atoms. The number of hydrogen-bond donors (Lipinski definition) is 0. The van der Waals surface area contributed by atoms with E-state index in [1.54, 1.807) is 12.1 Å². The molecule has 0 atom stereocenters. The molecule has 0 spiro atoms. The molecule has 0 saturated heterocycles. The van der Waals surface area contributed by atoms with Crippen LogP contribution < -0.4 is 5.69 Å². The molecule has 8 heteroatoms. The van der Waals surface area contributed by atoms with E-state index in [2.05, 4.69) is 5.10 Å². The van der Waals surface area contributed by atoms with Crippen molar-refractivity contribution in [3.05, 3.63) is 34.9 Å². The van der Waals surface area contributed by atoms with E-state index in [4.69, 9.17) is 0 Å². The maximum atomic E-state index is 12.1. The fourth-order valence-corrected chi connectivity index (χ4v) is 1.28. The van der Waals surface area contributed by atoms with Gasteiger partial charge in [-0.05, 0) is 12.1 Å². The summed E-state index contributed by atoms with van der Waals surface area (Å²) >= 11 is 0. The van der Waals surface area contributed by atoms with Gasteiger partial charge in [-0.25, -0.2) is 9.48 Å². The topological polar surface area (TPSA) is 39.3 Å². The molecular weight excluding hydrogens is 210 g/mol. The van der Waals surface area contributed by atoms with Gasteiger partial charge in [-0.2, -0.15) is 5.10 Å². The average Bonchev–Trinajstić information content (AvgIpc) is 2.42. The Kier molecular flexibility index (Phi) is 2.06. The van der Waals surface area contributed by atoms with Gasteiger partial charge in [0.2, 0.25) is 0 Å². The zero-order valence-electron chi connectivity index (χ0n) is 7.48. The van der Waals surface area contributed by atoms with Crippen LogP contribution in [0.2, 0.25) is 0 Å². The molecule has 0 saturated carbocycles. The van der Waals surface area contributed by atoms with E-state index in [1.807, 2.05) is 0 Å². The lowest BCUT2D eigenvalue weighted by Crippen LogP contribution is -2.32. The van der Waals surface area contributed by atoms with Crippen molar-refractivity contribution in [3.63, 3.8) is 0 Å². The predicted octanol–water partition coefficient (Wildman–Crippen LogP) is 0.883. The smallest absolute Gasteiger partial charge is 0.448 e. The van der Waals surface area contributed by atoms with Crippen molar-refractivity contribution in [1.29, 1.82) is 0 Å². The highest BCUT2D eigenvalue weighted by atomic mass is 19.4. The summed E-state index contributed by atoms with van der Waals surface area (Å²) in [6.07, 6.45) is 0.0745. The van der Waals surface area contributed by atoms with Gasteiger partial charge < -0.3 is 12.9 Å². The van der Waals surface area contributed by atoms with Gasteiger partial charge >= 0.3 is 12.7 Å². The highest BCUT2D eigenvalue weighted by molar-refractivity contribution is 6.57. The Labute approximate surface area is 82.0 Å². The summed E-state index contributed by atoms with van der Waals surface area (Å²) in [6, 6.07) is 4.63. The highest BCUT2D eigenvalue weighted by Crippen LogP contribution is 2.09. The SMILES string of the molecule is O=c1n(C[B-](F)(F)F)nc2ccccn12. The second kappa shape index (κ2) is 3.14. The van der Waals surface area contributed by atoms with Gasteiger partial charge in [0.1, 0.15) is 0 Å². The molecule has 0 radical (unpaired) electrons. The lowest BCUT2D eigenvalue weighted by atomic mass is 9.93. The normalized spacial score (nSPS) is 12.2. The summed E-state index contributed by atoms with van der Waals surface area (Å²) in [5, 5.41) is 3.56. The van der Waals surface area contributed by atoms with E-state index in [1.165, 1.54) is 12.3 Å². The first kappa shape index (κ1) is 9.82. The van der Waals surface area contributed by atoms with Gasteiger partial charge in [-0.15, -0.1) is 0 Å². The number of fused-ring (bicyclic) bond motifs is 1. The van der Waals surface area contributed by atoms with Crippen molar-refractivity contribution in [1.82, 2.24) is 14.2 Å². The molecule has 0 unspecified atom stereocenters. The van der Waals surface area contributed by atoms with Crippen LogP contribution >= 0.6 is 0 Å². The van der Waals surface area contributed by atoms with Crippen LogP contribution in [-0.4, -0.2) is 21.2 Å². The fourth-order valence-electron chi connectivity index (χ4n) is 1.28. The van der Waals surface area contributed by atoms with Crippen LogP contribution in [0.5, 0.6) is 0 Å². The first-order valence-corrected chi connectivity index (χ1v) is 4.22. The molecule has 2 rings (SSSR count). The first-order valence-electron chi connectivity index (χ1n) is 4.22. The molecule has 2 heterocycles. The molecule has 0 bridgehead atoms. The molecule has 0 aliphatic heterocycles. The average molecular weight is 216 g/mol. The van der Waals surface area contributed by atoms with E-state index in [9.17, 15) is 17.7 Å². The van der Waals surface area contributed by atoms with Crippen LogP contribution in [0.4, 0.5) is 12.9 Å². The highest BCUT2D eigenvalue weighted by Gasteiger charge is 2.25. The van der Waals surface area contributed by atoms with Crippen LogP contribution in [0, 0.1) is 0 Å². The van der Waals surface area contributed by atoms with Gasteiger partial charge in [0.05, 0.1) is 0 Å². The van der Waals surface area contributed by atoms with E-state index in [-0.39, 0.29) is 5.65 Å². The Morgan fingerprint density at radius 1 is 1.33 bits per heavy atom. The molecule has 0 N–H and O–H groups in total. The standard InChI is InChI=1S/C7H6BF3N3O/c9-8(10,11)5-14-7(15)13-4-2-1-3-6(13)12-14/h1-4H,5H2/q-1. The fraction of sp³-hybridized carbons (Fsp3) is 0.143. The molecule has 0 aliphatic carbocycles. The van der Waals surface area contributed by atoms with Crippen LogP contribution in [0.3, 0.4) is 0 Å². The summed E-state index contributed by atoms with van der Waals surface area (Å²) < 4.78 is 37.8. The van der Waals surface area contributed by atoms with Crippen LogP contribution in [0.25, 0.3) is 5.65 Å². The van der Waals surface area contributed by atoms with Gasteiger partial charge in [-0.1, -0.05) is 6.07 Å². The van der Waals surface area contributed by atoms with E-state index < -0.39 is 19.1 Å². The third kappa shape index (κ3) is 1.88. The Hall–Kier alpha value is -1.73. The summed E-state index contributed by atoms with van der Waals surface area (Å²) in [4.78, 5) is 11.4. The van der Waals surface area contributed by atoms with Crippen LogP contribution in [0.1, 0.15) is 0 Å². The summed E-state index contributed by atoms with van der Waals surface area (Å²) in [5.74, 6) is 0. The van der Waals surface area contributed by atoms with Crippen molar-refractivity contribution >= 4 is 12.6 Å². The Bertz CT molecular complexity index is 544. The first-order chi connectivity index (χ1) is 6.97. The van der Waals surface area contributed by atoms with E-state index >= 15 is 0 Å². The van der Waals surface area contributed by atoms with Crippen LogP contribution in [0.15, 0.2) is 29.2 Å². The molecule has 0 aliphatic rings. The zero-order chi connectivity index (χ0) is 11.1. The van der Waals surface area contributed by atoms with Crippen molar-refractivity contribution < 1.29 is 12.9 Å². The molecule has 2 aromatic rings. The number of aromatic nitrogens is 3. The molecule has 2 aromatic heterocycles. The quantitative estimate of drug-likeness (QED) is 0.699. The van der Waals surface area contributed by atoms with Gasteiger partial charge in [0, 0.05) is 12.6 Å². The minimum Gasteiger partial charge on any atom is -0.448 e. The lowest BCUT2D eigenvalue weighted by molar-refractivity contribution is 0.432. The summed E-state index contributed by atoms with van der Waals surface area (Å²) in [5.41, 5.74) is -0.563. The third-order valence-electron chi connectivity index (χ3n) is 1.87. The maximum Gasteiger partial charge on any atom is 0.499 e. The van der Waals surface area contributed by atoms with E-state index in [0.29, 0.717) is 4.68 Å². The Morgan fingerprint density at radius 3 is 2.67 bits per heavy atom. The van der Waals surface area contributed by atoms with Crippen molar-refractivity contribution in [3.8, 4) is 0 Å². The zero-order valence-corrected chi connectivity index (χ0v) is 7.48. The number of halogens is 3. The van der Waals surface area contributed by atoms with Gasteiger partial charge in [-0.3, -0.25) is 4.40 Å². The summed E-state index contributed by atoms with van der Waals surface area (Å²) in [7, 11) is 0. The van der Waals surface area contributed by atoms with Crippen LogP contribution in [-0.2, 0) is 6.44 Å². The molecule has 0 amide bonds. The summed E-state index contributed by atoms with van der Waals surface area (Å²) in [6.45, 7) is -5.06. The van der Waals surface area contributed by atoms with Gasteiger partial charge in [0.15, 0.2) is 5.65 Å². The van der Waals surface area contributed by atoms with E-state index in [0.717, 1.165) is 4.40 Å². The minimum absolute atomic E-state index is 0.211.